The standard InChI is InChI=1S/C29H36N6O6/c1-17(2)12-23(34-27(39)21(30)13-18-15-31-22-11-7-6-10-20(18)22)29(41)35-24(14-26(37)38)28(40)32-16-25(36)33-19-8-4-3-5-9-19/h3-11,15,17,21,23-24,31H,12-14,16,30H2,1-2H3,(H,32,40)(H,33,36)(H,34,39)(H,35,41)(H,37,38)/t21-,23-,24-/m0/s1. The number of hydrogen-bond acceptors (Lipinski definition) is 6. The van der Waals surface area contributed by atoms with Crippen molar-refractivity contribution in [3.05, 3.63) is 66.4 Å². The van der Waals surface area contributed by atoms with Crippen molar-refractivity contribution >= 4 is 46.2 Å². The average molecular weight is 565 g/mol. The molecule has 218 valence electrons. The molecule has 3 atom stereocenters. The number of carbonyl (C=O) groups is 5. The van der Waals surface area contributed by atoms with E-state index in [4.69, 9.17) is 5.73 Å². The lowest BCUT2D eigenvalue weighted by Gasteiger charge is -2.24. The van der Waals surface area contributed by atoms with E-state index in [1.807, 2.05) is 38.1 Å². The summed E-state index contributed by atoms with van der Waals surface area (Å²) in [5.41, 5.74) is 8.46. The van der Waals surface area contributed by atoms with Gasteiger partial charge in [-0.25, -0.2) is 0 Å². The second-order valence-electron chi connectivity index (χ2n) is 10.2. The van der Waals surface area contributed by atoms with Gasteiger partial charge in [-0.05, 0) is 42.5 Å². The first-order valence-electron chi connectivity index (χ1n) is 13.3. The molecule has 0 aliphatic heterocycles. The van der Waals surface area contributed by atoms with Gasteiger partial charge in [-0.2, -0.15) is 0 Å². The summed E-state index contributed by atoms with van der Waals surface area (Å²) in [6.45, 7) is 3.27. The van der Waals surface area contributed by atoms with E-state index in [1.165, 1.54) is 0 Å². The summed E-state index contributed by atoms with van der Waals surface area (Å²) in [6, 6.07) is 12.7. The average Bonchev–Trinajstić information content (AvgIpc) is 3.33. The van der Waals surface area contributed by atoms with Gasteiger partial charge in [0.25, 0.3) is 0 Å². The van der Waals surface area contributed by atoms with Gasteiger partial charge in [-0.15, -0.1) is 0 Å². The van der Waals surface area contributed by atoms with Crippen LogP contribution >= 0.6 is 0 Å². The van der Waals surface area contributed by atoms with Crippen LogP contribution in [0.1, 0.15) is 32.3 Å². The molecule has 12 heteroatoms. The van der Waals surface area contributed by atoms with Crippen LogP contribution in [0.15, 0.2) is 60.8 Å². The highest BCUT2D eigenvalue weighted by molar-refractivity contribution is 5.98. The van der Waals surface area contributed by atoms with Crippen molar-refractivity contribution in [1.82, 2.24) is 20.9 Å². The molecule has 41 heavy (non-hydrogen) atoms. The lowest BCUT2D eigenvalue weighted by atomic mass is 10.0. The summed E-state index contributed by atoms with van der Waals surface area (Å²) in [5, 5.41) is 20.3. The number of nitrogens with two attached hydrogens (primary N) is 1. The van der Waals surface area contributed by atoms with Gasteiger partial charge in [-0.3, -0.25) is 24.0 Å². The number of aliphatic carboxylic acids is 1. The number of aromatic amines is 1. The summed E-state index contributed by atoms with van der Waals surface area (Å²) < 4.78 is 0. The smallest absolute Gasteiger partial charge is 0.305 e. The number of carboxylic acid groups (broad SMARTS) is 1. The Bertz CT molecular complexity index is 1370. The van der Waals surface area contributed by atoms with Crippen LogP contribution in [0.25, 0.3) is 10.9 Å². The Labute approximate surface area is 237 Å². The maximum atomic E-state index is 13.2. The number of carbonyl (C=O) groups excluding carboxylic acids is 4. The Morgan fingerprint density at radius 1 is 0.878 bits per heavy atom. The van der Waals surface area contributed by atoms with E-state index in [0.717, 1.165) is 16.5 Å². The number of carboxylic acids is 1. The topological polar surface area (TPSA) is 196 Å². The minimum absolute atomic E-state index is 0.0238. The summed E-state index contributed by atoms with van der Waals surface area (Å²) in [7, 11) is 0. The molecule has 0 saturated carbocycles. The minimum atomic E-state index is -1.48. The van der Waals surface area contributed by atoms with Crippen LogP contribution in [0.3, 0.4) is 0 Å². The quantitative estimate of drug-likeness (QED) is 0.153. The molecule has 4 amide bonds. The molecule has 0 unspecified atom stereocenters. The molecule has 1 aromatic heterocycles. The van der Waals surface area contributed by atoms with Crippen LogP contribution < -0.4 is 27.0 Å². The fourth-order valence-electron chi connectivity index (χ4n) is 4.29. The van der Waals surface area contributed by atoms with Crippen LogP contribution in [0.5, 0.6) is 0 Å². The summed E-state index contributed by atoms with van der Waals surface area (Å²) in [5.74, 6) is -4.03. The molecular weight excluding hydrogens is 528 g/mol. The highest BCUT2D eigenvalue weighted by Crippen LogP contribution is 2.19. The van der Waals surface area contributed by atoms with Gasteiger partial charge in [0.1, 0.15) is 12.1 Å². The van der Waals surface area contributed by atoms with E-state index in [9.17, 15) is 29.1 Å². The van der Waals surface area contributed by atoms with Crippen molar-refractivity contribution < 1.29 is 29.1 Å². The lowest BCUT2D eigenvalue weighted by Crippen LogP contribution is -2.57. The number of H-pyrrole nitrogens is 1. The summed E-state index contributed by atoms with van der Waals surface area (Å²) >= 11 is 0. The van der Waals surface area contributed by atoms with Crippen LogP contribution in [0, 0.1) is 5.92 Å². The zero-order valence-electron chi connectivity index (χ0n) is 23.0. The number of anilines is 1. The van der Waals surface area contributed by atoms with Crippen molar-refractivity contribution in [3.8, 4) is 0 Å². The van der Waals surface area contributed by atoms with E-state index in [0.29, 0.717) is 5.69 Å². The van der Waals surface area contributed by atoms with Crippen molar-refractivity contribution in [2.45, 2.75) is 51.2 Å². The number of nitrogens with one attached hydrogen (secondary N) is 5. The Morgan fingerprint density at radius 2 is 1.54 bits per heavy atom. The van der Waals surface area contributed by atoms with Gasteiger partial charge in [0, 0.05) is 22.8 Å². The predicted molar refractivity (Wildman–Crippen MR) is 154 cm³/mol. The largest absolute Gasteiger partial charge is 0.481 e. The molecule has 2 aromatic carbocycles. The SMILES string of the molecule is CC(C)C[C@H](NC(=O)[C@@H](N)Cc1c[nH]c2ccccc12)C(=O)N[C@@H](CC(=O)O)C(=O)NCC(=O)Nc1ccccc1. The van der Waals surface area contributed by atoms with Gasteiger partial charge in [-0.1, -0.05) is 50.2 Å². The molecule has 8 N–H and O–H groups in total. The molecule has 0 saturated heterocycles. The first-order chi connectivity index (χ1) is 19.5. The molecule has 0 aliphatic rings. The van der Waals surface area contributed by atoms with Crippen molar-refractivity contribution in [3.63, 3.8) is 0 Å². The van der Waals surface area contributed by atoms with Crippen LogP contribution in [-0.4, -0.2) is 64.4 Å². The zero-order valence-corrected chi connectivity index (χ0v) is 23.0. The third-order valence-corrected chi connectivity index (χ3v) is 6.28. The molecule has 0 spiro atoms. The minimum Gasteiger partial charge on any atom is -0.481 e. The summed E-state index contributed by atoms with van der Waals surface area (Å²) in [6.07, 6.45) is 1.50. The van der Waals surface area contributed by atoms with E-state index in [2.05, 4.69) is 26.3 Å². The third kappa shape index (κ3) is 9.46. The van der Waals surface area contributed by atoms with Crippen molar-refractivity contribution in [2.75, 3.05) is 11.9 Å². The molecule has 0 aliphatic carbocycles. The number of fused-ring (bicyclic) bond motifs is 1. The second kappa shape index (κ2) is 14.6. The molecular formula is C29H36N6O6. The van der Waals surface area contributed by atoms with E-state index in [-0.39, 0.29) is 18.8 Å². The van der Waals surface area contributed by atoms with Crippen molar-refractivity contribution in [2.24, 2.45) is 11.7 Å². The van der Waals surface area contributed by atoms with Crippen LogP contribution in [0.4, 0.5) is 5.69 Å². The van der Waals surface area contributed by atoms with Gasteiger partial charge in [0.15, 0.2) is 0 Å². The molecule has 1 heterocycles. The highest BCUT2D eigenvalue weighted by Gasteiger charge is 2.30. The first-order valence-corrected chi connectivity index (χ1v) is 13.3. The molecule has 0 bridgehead atoms. The number of rotatable bonds is 14. The van der Waals surface area contributed by atoms with E-state index in [1.54, 1.807) is 36.5 Å². The van der Waals surface area contributed by atoms with Gasteiger partial charge in [0.2, 0.25) is 23.6 Å². The normalized spacial score (nSPS) is 13.2. The van der Waals surface area contributed by atoms with Gasteiger partial charge in [0.05, 0.1) is 19.0 Å². The number of amides is 4. The number of aromatic nitrogens is 1. The maximum absolute atomic E-state index is 13.2. The molecule has 0 radical (unpaired) electrons. The Hall–Kier alpha value is -4.71. The third-order valence-electron chi connectivity index (χ3n) is 6.28. The monoisotopic (exact) mass is 564 g/mol. The lowest BCUT2D eigenvalue weighted by molar-refractivity contribution is -0.141. The second-order valence-corrected chi connectivity index (χ2v) is 10.2. The van der Waals surface area contributed by atoms with Gasteiger partial charge >= 0.3 is 5.97 Å². The van der Waals surface area contributed by atoms with Crippen molar-refractivity contribution in [1.29, 1.82) is 0 Å². The fraction of sp³-hybridized carbons (Fsp3) is 0.345. The Morgan fingerprint density at radius 3 is 2.22 bits per heavy atom. The predicted octanol–water partition coefficient (Wildman–Crippen LogP) is 1.28. The molecule has 0 fully saturated rings. The maximum Gasteiger partial charge on any atom is 0.305 e. The Balaban J connectivity index is 1.62. The van der Waals surface area contributed by atoms with E-state index < -0.39 is 60.7 Å². The fourth-order valence-corrected chi connectivity index (χ4v) is 4.29. The number of hydrogen-bond donors (Lipinski definition) is 7. The first kappa shape index (κ1) is 30.8. The molecule has 12 nitrogen and oxygen atoms in total. The molecule has 3 aromatic rings. The highest BCUT2D eigenvalue weighted by atomic mass is 16.4. The van der Waals surface area contributed by atoms with Crippen LogP contribution in [-0.2, 0) is 30.4 Å². The zero-order chi connectivity index (χ0) is 29.9. The summed E-state index contributed by atoms with van der Waals surface area (Å²) in [4.78, 5) is 65.7. The van der Waals surface area contributed by atoms with Crippen LogP contribution in [0.2, 0.25) is 0 Å². The number of benzene rings is 2. The Kier molecular flexibility index (Phi) is 11.0. The van der Waals surface area contributed by atoms with E-state index >= 15 is 0 Å². The number of para-hydroxylation sites is 2. The van der Waals surface area contributed by atoms with Gasteiger partial charge < -0.3 is 37.1 Å². The molecule has 3 rings (SSSR count).